The van der Waals surface area contributed by atoms with Crippen molar-refractivity contribution in [1.29, 1.82) is 0 Å². The summed E-state index contributed by atoms with van der Waals surface area (Å²) < 4.78 is 52.0. The van der Waals surface area contributed by atoms with Gasteiger partial charge in [0.05, 0.1) is 23.1 Å². The predicted molar refractivity (Wildman–Crippen MR) is 136 cm³/mol. The lowest BCUT2D eigenvalue weighted by Gasteiger charge is -2.29. The van der Waals surface area contributed by atoms with Gasteiger partial charge in [-0.2, -0.15) is 23.2 Å². The molecule has 0 bridgehead atoms. The van der Waals surface area contributed by atoms with Crippen molar-refractivity contribution in [1.82, 2.24) is 14.8 Å². The third-order valence-corrected chi connectivity index (χ3v) is 4.78. The van der Waals surface area contributed by atoms with Crippen LogP contribution in [0.1, 0.15) is 47.1 Å². The largest absolute Gasteiger partial charge is 0.443 e. The molecule has 2 amide bonds. The first kappa shape index (κ1) is 28.5. The summed E-state index contributed by atoms with van der Waals surface area (Å²) in [6.07, 6.45) is -2.01. The van der Waals surface area contributed by atoms with E-state index in [1.807, 2.05) is 0 Å². The topological polar surface area (TPSA) is 98.6 Å². The van der Waals surface area contributed by atoms with Crippen molar-refractivity contribution < 1.29 is 32.2 Å². The van der Waals surface area contributed by atoms with Gasteiger partial charge in [-0.1, -0.05) is 12.1 Å². The molecule has 3 aromatic rings. The summed E-state index contributed by atoms with van der Waals surface area (Å²) in [5.74, 6) is 0.237. The first-order chi connectivity index (χ1) is 17.4. The fraction of sp³-hybridized carbons (Fsp3) is 0.385. The molecule has 0 aliphatic heterocycles. The highest BCUT2D eigenvalue weighted by atomic mass is 19.4. The molecule has 2 aromatic heterocycles. The Morgan fingerprint density at radius 2 is 1.47 bits per heavy atom. The standard InChI is InChI=1S/C26H30F3N5O4/c1-24(2,3)37-22(35)34(23(36)38-25(4,5)6)20-12-21(32-18-13-31-33(7)15-18)30-14-19(20)16-8-10-17(11-9-16)26(27,28)29/h8-15H,1-7H3,(H,30,32). The molecular weight excluding hydrogens is 503 g/mol. The van der Waals surface area contributed by atoms with Crippen LogP contribution in [0.3, 0.4) is 0 Å². The average molecular weight is 534 g/mol. The Morgan fingerprint density at radius 1 is 0.921 bits per heavy atom. The van der Waals surface area contributed by atoms with Crippen LogP contribution in [0, 0.1) is 0 Å². The van der Waals surface area contributed by atoms with E-state index in [-0.39, 0.29) is 22.6 Å². The smallest absolute Gasteiger partial charge is 0.424 e. The molecule has 204 valence electrons. The Balaban J connectivity index is 2.19. The number of hydrogen-bond donors (Lipinski definition) is 1. The monoisotopic (exact) mass is 533 g/mol. The number of aryl methyl sites for hydroxylation is 1. The second-order valence-electron chi connectivity index (χ2n) is 10.5. The normalized spacial score (nSPS) is 12.2. The van der Waals surface area contributed by atoms with E-state index in [9.17, 15) is 22.8 Å². The van der Waals surface area contributed by atoms with E-state index >= 15 is 0 Å². The molecule has 0 aliphatic rings. The number of imide groups is 1. The van der Waals surface area contributed by atoms with Crippen LogP contribution < -0.4 is 10.2 Å². The molecule has 0 fully saturated rings. The van der Waals surface area contributed by atoms with Crippen LogP contribution >= 0.6 is 0 Å². The number of nitrogens with zero attached hydrogens (tertiary/aromatic N) is 4. The lowest BCUT2D eigenvalue weighted by Crippen LogP contribution is -2.44. The number of carbonyl (C=O) groups excluding carboxylic acids is 2. The quantitative estimate of drug-likeness (QED) is 0.389. The van der Waals surface area contributed by atoms with Crippen LogP contribution in [0.5, 0.6) is 0 Å². The Kier molecular flexibility index (Phi) is 7.75. The lowest BCUT2D eigenvalue weighted by atomic mass is 10.0. The van der Waals surface area contributed by atoms with Crippen molar-refractivity contribution in [3.63, 3.8) is 0 Å². The van der Waals surface area contributed by atoms with Crippen LogP contribution in [-0.4, -0.2) is 38.2 Å². The van der Waals surface area contributed by atoms with E-state index in [1.165, 1.54) is 24.4 Å². The summed E-state index contributed by atoms with van der Waals surface area (Å²) in [5, 5.41) is 7.10. The molecule has 0 unspecified atom stereocenters. The van der Waals surface area contributed by atoms with E-state index < -0.39 is 35.1 Å². The number of ether oxygens (including phenoxy) is 2. The van der Waals surface area contributed by atoms with Gasteiger partial charge in [-0.05, 0) is 59.2 Å². The van der Waals surface area contributed by atoms with E-state index in [0.717, 1.165) is 12.1 Å². The number of anilines is 3. The van der Waals surface area contributed by atoms with Crippen LogP contribution in [0.25, 0.3) is 11.1 Å². The first-order valence-electron chi connectivity index (χ1n) is 11.6. The predicted octanol–water partition coefficient (Wildman–Crippen LogP) is 6.92. The molecule has 0 aliphatic carbocycles. The minimum absolute atomic E-state index is 0.00495. The van der Waals surface area contributed by atoms with E-state index in [0.29, 0.717) is 10.6 Å². The van der Waals surface area contributed by atoms with Crippen molar-refractivity contribution in [2.75, 3.05) is 10.2 Å². The summed E-state index contributed by atoms with van der Waals surface area (Å²) in [7, 11) is 1.73. The number of rotatable bonds is 4. The number of carbonyl (C=O) groups is 2. The molecule has 0 atom stereocenters. The van der Waals surface area contributed by atoms with E-state index in [1.54, 1.807) is 65.7 Å². The highest BCUT2D eigenvalue weighted by molar-refractivity contribution is 6.12. The van der Waals surface area contributed by atoms with Crippen molar-refractivity contribution in [2.45, 2.75) is 58.9 Å². The number of amides is 2. The molecule has 2 heterocycles. The van der Waals surface area contributed by atoms with Gasteiger partial charge in [-0.3, -0.25) is 4.68 Å². The number of pyridine rings is 1. The van der Waals surface area contributed by atoms with Crippen molar-refractivity contribution in [3.8, 4) is 11.1 Å². The zero-order chi connectivity index (χ0) is 28.5. The molecule has 0 saturated carbocycles. The van der Waals surface area contributed by atoms with Gasteiger partial charge in [-0.25, -0.2) is 14.6 Å². The Hall–Kier alpha value is -4.09. The minimum Gasteiger partial charge on any atom is -0.443 e. The van der Waals surface area contributed by atoms with Gasteiger partial charge in [0.2, 0.25) is 0 Å². The molecule has 12 heteroatoms. The second kappa shape index (κ2) is 10.3. The molecule has 0 radical (unpaired) electrons. The molecular formula is C26H30F3N5O4. The van der Waals surface area contributed by atoms with Gasteiger partial charge in [-0.15, -0.1) is 0 Å². The maximum atomic E-state index is 13.3. The fourth-order valence-electron chi connectivity index (χ4n) is 3.28. The molecule has 9 nitrogen and oxygen atoms in total. The van der Waals surface area contributed by atoms with Gasteiger partial charge >= 0.3 is 18.4 Å². The SMILES string of the molecule is Cn1cc(Nc2cc(N(C(=O)OC(C)(C)C)C(=O)OC(C)(C)C)c(-c3ccc(C(F)(F)F)cc3)cn2)cn1. The van der Waals surface area contributed by atoms with Crippen molar-refractivity contribution in [3.05, 3.63) is 54.5 Å². The summed E-state index contributed by atoms with van der Waals surface area (Å²) in [5.41, 5.74) is -1.71. The summed E-state index contributed by atoms with van der Waals surface area (Å²) in [4.78, 5) is 31.7. The number of alkyl halides is 3. The third kappa shape index (κ3) is 7.46. The number of benzene rings is 1. The zero-order valence-corrected chi connectivity index (χ0v) is 22.2. The highest BCUT2D eigenvalue weighted by Crippen LogP contribution is 2.37. The second-order valence-corrected chi connectivity index (χ2v) is 10.5. The summed E-state index contributed by atoms with van der Waals surface area (Å²) in [6, 6.07) is 5.70. The third-order valence-electron chi connectivity index (χ3n) is 4.78. The molecule has 0 spiro atoms. The zero-order valence-electron chi connectivity index (χ0n) is 22.2. The van der Waals surface area contributed by atoms with Crippen LogP contribution in [0.2, 0.25) is 0 Å². The molecule has 3 rings (SSSR count). The average Bonchev–Trinajstić information content (AvgIpc) is 3.15. The van der Waals surface area contributed by atoms with Gasteiger partial charge in [0.1, 0.15) is 17.0 Å². The van der Waals surface area contributed by atoms with Crippen LogP contribution in [-0.2, 0) is 22.7 Å². The highest BCUT2D eigenvalue weighted by Gasteiger charge is 2.35. The van der Waals surface area contributed by atoms with Gasteiger partial charge in [0, 0.05) is 31.1 Å². The van der Waals surface area contributed by atoms with Crippen LogP contribution in [0.4, 0.5) is 40.0 Å². The molecule has 38 heavy (non-hydrogen) atoms. The van der Waals surface area contributed by atoms with Crippen molar-refractivity contribution in [2.24, 2.45) is 7.05 Å². The molecule has 1 aromatic carbocycles. The maximum absolute atomic E-state index is 13.3. The lowest BCUT2D eigenvalue weighted by molar-refractivity contribution is -0.137. The van der Waals surface area contributed by atoms with Crippen molar-refractivity contribution >= 4 is 29.4 Å². The van der Waals surface area contributed by atoms with Gasteiger partial charge < -0.3 is 14.8 Å². The number of halogens is 3. The fourth-order valence-corrected chi connectivity index (χ4v) is 3.28. The summed E-state index contributed by atoms with van der Waals surface area (Å²) in [6.45, 7) is 9.81. The Morgan fingerprint density at radius 3 is 1.92 bits per heavy atom. The number of hydrogen-bond acceptors (Lipinski definition) is 7. The number of aromatic nitrogens is 3. The van der Waals surface area contributed by atoms with Gasteiger partial charge in [0.25, 0.3) is 0 Å². The first-order valence-corrected chi connectivity index (χ1v) is 11.6. The molecule has 0 saturated heterocycles. The molecule has 1 N–H and O–H groups in total. The summed E-state index contributed by atoms with van der Waals surface area (Å²) >= 11 is 0. The van der Waals surface area contributed by atoms with Gasteiger partial charge in [0.15, 0.2) is 0 Å². The Bertz CT molecular complexity index is 1280. The minimum atomic E-state index is -4.53. The maximum Gasteiger partial charge on any atom is 0.424 e. The van der Waals surface area contributed by atoms with E-state index in [4.69, 9.17) is 9.47 Å². The Labute approximate surface area is 218 Å². The number of nitrogens with one attached hydrogen (secondary N) is 1. The van der Waals surface area contributed by atoms with Crippen LogP contribution in [0.15, 0.2) is 48.9 Å². The van der Waals surface area contributed by atoms with E-state index in [2.05, 4.69) is 15.4 Å².